The largest absolute Gasteiger partial charge is 0.363 e. The highest BCUT2D eigenvalue weighted by atomic mass is 79.9. The highest BCUT2D eigenvalue weighted by Gasteiger charge is 2.16. The van der Waals surface area contributed by atoms with Crippen molar-refractivity contribution in [1.82, 2.24) is 5.16 Å². The molecule has 0 aliphatic carbocycles. The molecular weight excluding hydrogens is 306 g/mol. The minimum atomic E-state index is -0.569. The number of carbonyl (C=O) groups is 1. The number of aromatic nitrogens is 1. The average molecular weight is 312 g/mol. The number of hydrogen-bond donors (Lipinski definition) is 1. The molecule has 0 bridgehead atoms. The number of nitro benzene ring substituents is 1. The van der Waals surface area contributed by atoms with Gasteiger partial charge in [-0.2, -0.15) is 0 Å². The van der Waals surface area contributed by atoms with Gasteiger partial charge in [0, 0.05) is 11.6 Å². The zero-order valence-corrected chi connectivity index (χ0v) is 10.4. The summed E-state index contributed by atoms with van der Waals surface area (Å²) < 4.78 is 4.87. The Morgan fingerprint density at radius 1 is 1.50 bits per heavy atom. The molecule has 0 spiro atoms. The van der Waals surface area contributed by atoms with E-state index >= 15 is 0 Å². The molecule has 1 aromatic carbocycles. The van der Waals surface area contributed by atoms with E-state index in [1.807, 2.05) is 0 Å². The molecule has 0 atom stereocenters. The normalized spacial score (nSPS) is 10.1. The number of hydrogen-bond acceptors (Lipinski definition) is 5. The van der Waals surface area contributed by atoms with Gasteiger partial charge in [0.05, 0.1) is 15.6 Å². The van der Waals surface area contributed by atoms with Crippen molar-refractivity contribution < 1.29 is 14.2 Å². The van der Waals surface area contributed by atoms with Gasteiger partial charge in [0.1, 0.15) is 12.0 Å². The third kappa shape index (κ3) is 2.54. The number of nitrogens with one attached hydrogen (secondary N) is 1. The number of nitro groups is 1. The lowest BCUT2D eigenvalue weighted by Crippen LogP contribution is -2.11. The predicted molar refractivity (Wildman–Crippen MR) is 65.3 cm³/mol. The SMILES string of the molecule is O=C(Nc1cnoc1)c1ccc(Br)c([N+](=O)[O-])c1. The second kappa shape index (κ2) is 4.96. The topological polar surface area (TPSA) is 98.3 Å². The summed E-state index contributed by atoms with van der Waals surface area (Å²) in [5.41, 5.74) is 0.379. The van der Waals surface area contributed by atoms with Crippen LogP contribution in [0.5, 0.6) is 0 Å². The van der Waals surface area contributed by atoms with Gasteiger partial charge in [0.25, 0.3) is 11.6 Å². The van der Waals surface area contributed by atoms with Gasteiger partial charge < -0.3 is 9.84 Å². The maximum Gasteiger partial charge on any atom is 0.284 e. The van der Waals surface area contributed by atoms with E-state index in [0.717, 1.165) is 0 Å². The summed E-state index contributed by atoms with van der Waals surface area (Å²) >= 11 is 3.04. The molecule has 1 heterocycles. The Bertz CT molecular complexity index is 597. The second-order valence-electron chi connectivity index (χ2n) is 3.29. The Morgan fingerprint density at radius 2 is 2.28 bits per heavy atom. The third-order valence-electron chi connectivity index (χ3n) is 2.10. The average Bonchev–Trinajstić information content (AvgIpc) is 2.81. The molecular formula is C10H6BrN3O4. The highest BCUT2D eigenvalue weighted by molar-refractivity contribution is 9.10. The first kappa shape index (κ1) is 12.2. The molecule has 92 valence electrons. The summed E-state index contributed by atoms with van der Waals surface area (Å²) in [6, 6.07) is 4.10. The van der Waals surface area contributed by atoms with Crippen molar-refractivity contribution in [1.29, 1.82) is 0 Å². The van der Waals surface area contributed by atoms with E-state index in [2.05, 4.69) is 30.9 Å². The Balaban J connectivity index is 2.26. The van der Waals surface area contributed by atoms with Gasteiger partial charge in [0.15, 0.2) is 0 Å². The van der Waals surface area contributed by atoms with Crippen LogP contribution < -0.4 is 5.32 Å². The summed E-state index contributed by atoms with van der Waals surface area (Å²) in [4.78, 5) is 21.9. The van der Waals surface area contributed by atoms with E-state index in [-0.39, 0.29) is 11.3 Å². The van der Waals surface area contributed by atoms with Crippen LogP contribution in [-0.2, 0) is 0 Å². The molecule has 0 unspecified atom stereocenters. The third-order valence-corrected chi connectivity index (χ3v) is 2.77. The maximum absolute atomic E-state index is 11.8. The van der Waals surface area contributed by atoms with Gasteiger partial charge in [0.2, 0.25) is 0 Å². The van der Waals surface area contributed by atoms with Crippen LogP contribution >= 0.6 is 15.9 Å². The molecule has 2 rings (SSSR count). The molecule has 2 aromatic rings. The number of rotatable bonds is 3. The number of nitrogens with zero attached hydrogens (tertiary/aromatic N) is 2. The lowest BCUT2D eigenvalue weighted by molar-refractivity contribution is -0.385. The van der Waals surface area contributed by atoms with Crippen LogP contribution in [0.3, 0.4) is 0 Å². The van der Waals surface area contributed by atoms with Gasteiger partial charge in [-0.05, 0) is 28.1 Å². The molecule has 0 saturated heterocycles. The molecule has 7 nitrogen and oxygen atoms in total. The van der Waals surface area contributed by atoms with Crippen LogP contribution in [0.15, 0.2) is 39.7 Å². The van der Waals surface area contributed by atoms with Crippen molar-refractivity contribution in [2.45, 2.75) is 0 Å². The minimum Gasteiger partial charge on any atom is -0.363 e. The standard InChI is InChI=1S/C10H6BrN3O4/c11-8-2-1-6(3-9(8)14(16)17)10(15)13-7-4-12-18-5-7/h1-5H,(H,13,15). The fraction of sp³-hybridized carbons (Fsp3) is 0. The van der Waals surface area contributed by atoms with Crippen molar-refractivity contribution in [2.75, 3.05) is 5.32 Å². The molecule has 1 N–H and O–H groups in total. The first-order chi connectivity index (χ1) is 8.58. The van der Waals surface area contributed by atoms with Crippen molar-refractivity contribution in [3.63, 3.8) is 0 Å². The Hall–Kier alpha value is -2.22. The lowest BCUT2D eigenvalue weighted by Gasteiger charge is -2.02. The van der Waals surface area contributed by atoms with Gasteiger partial charge in [-0.15, -0.1) is 0 Å². The monoisotopic (exact) mass is 311 g/mol. The number of anilines is 1. The van der Waals surface area contributed by atoms with E-state index in [1.165, 1.54) is 30.7 Å². The minimum absolute atomic E-state index is 0.172. The lowest BCUT2D eigenvalue weighted by atomic mass is 10.2. The van der Waals surface area contributed by atoms with Crippen molar-refractivity contribution in [3.8, 4) is 0 Å². The summed E-state index contributed by atoms with van der Waals surface area (Å²) in [5, 5.41) is 16.6. The van der Waals surface area contributed by atoms with Crippen molar-refractivity contribution >= 4 is 33.2 Å². The van der Waals surface area contributed by atoms with Crippen molar-refractivity contribution in [3.05, 3.63) is 50.8 Å². The second-order valence-corrected chi connectivity index (χ2v) is 4.14. The summed E-state index contributed by atoms with van der Waals surface area (Å²) in [5.74, 6) is -0.478. The van der Waals surface area contributed by atoms with Crippen LogP contribution in [0.4, 0.5) is 11.4 Å². The zero-order chi connectivity index (χ0) is 13.1. The smallest absolute Gasteiger partial charge is 0.284 e. The molecule has 0 aliphatic rings. The first-order valence-corrected chi connectivity index (χ1v) is 5.52. The van der Waals surface area contributed by atoms with E-state index < -0.39 is 10.8 Å². The number of halogens is 1. The zero-order valence-electron chi connectivity index (χ0n) is 8.79. The van der Waals surface area contributed by atoms with Crippen LogP contribution in [0.2, 0.25) is 0 Å². The van der Waals surface area contributed by atoms with Crippen LogP contribution in [0.25, 0.3) is 0 Å². The van der Waals surface area contributed by atoms with E-state index in [9.17, 15) is 14.9 Å². The molecule has 18 heavy (non-hydrogen) atoms. The van der Waals surface area contributed by atoms with Crippen LogP contribution in [0, 0.1) is 10.1 Å². The Kier molecular flexibility index (Phi) is 3.38. The van der Waals surface area contributed by atoms with Gasteiger partial charge in [-0.3, -0.25) is 14.9 Å². The number of amides is 1. The summed E-state index contributed by atoms with van der Waals surface area (Å²) in [7, 11) is 0. The van der Waals surface area contributed by atoms with E-state index in [1.54, 1.807) is 0 Å². The highest BCUT2D eigenvalue weighted by Crippen LogP contribution is 2.25. The number of carbonyl (C=O) groups excluding carboxylic acids is 1. The fourth-order valence-corrected chi connectivity index (χ4v) is 1.66. The Labute approximate surface area is 109 Å². The quantitative estimate of drug-likeness (QED) is 0.694. The molecule has 0 radical (unpaired) electrons. The molecule has 8 heteroatoms. The number of benzene rings is 1. The van der Waals surface area contributed by atoms with Crippen LogP contribution in [0.1, 0.15) is 10.4 Å². The van der Waals surface area contributed by atoms with Gasteiger partial charge in [-0.1, -0.05) is 5.16 Å². The molecule has 1 amide bonds. The molecule has 1 aromatic heterocycles. The van der Waals surface area contributed by atoms with Gasteiger partial charge >= 0.3 is 0 Å². The summed E-state index contributed by atoms with van der Waals surface area (Å²) in [6.45, 7) is 0. The fourth-order valence-electron chi connectivity index (χ4n) is 1.26. The maximum atomic E-state index is 11.8. The first-order valence-electron chi connectivity index (χ1n) is 4.72. The van der Waals surface area contributed by atoms with Gasteiger partial charge in [-0.25, -0.2) is 0 Å². The van der Waals surface area contributed by atoms with E-state index in [0.29, 0.717) is 10.2 Å². The van der Waals surface area contributed by atoms with Crippen LogP contribution in [-0.4, -0.2) is 16.0 Å². The predicted octanol–water partition coefficient (Wildman–Crippen LogP) is 2.60. The Morgan fingerprint density at radius 3 is 2.89 bits per heavy atom. The van der Waals surface area contributed by atoms with Crippen molar-refractivity contribution in [2.24, 2.45) is 0 Å². The van der Waals surface area contributed by atoms with E-state index in [4.69, 9.17) is 0 Å². The molecule has 0 fully saturated rings. The molecule has 0 saturated carbocycles. The summed E-state index contributed by atoms with van der Waals surface area (Å²) in [6.07, 6.45) is 2.58. The molecule has 0 aliphatic heterocycles.